The molecule has 1 aromatic carbocycles. The Morgan fingerprint density at radius 2 is 2.24 bits per heavy atom. The molecule has 0 aliphatic heterocycles. The zero-order valence-corrected chi connectivity index (χ0v) is 9.56. The average Bonchev–Trinajstić information content (AvgIpc) is 2.75. The first-order chi connectivity index (χ1) is 8.15. The van der Waals surface area contributed by atoms with E-state index in [1.54, 1.807) is 13.0 Å². The van der Waals surface area contributed by atoms with Crippen LogP contribution in [0.2, 0.25) is 0 Å². The summed E-state index contributed by atoms with van der Waals surface area (Å²) < 4.78 is 4.90. The summed E-state index contributed by atoms with van der Waals surface area (Å²) in [5, 5.41) is 10.9. The number of aryl methyl sites for hydroxylation is 1. The molecule has 0 aromatic heterocycles. The second-order valence-corrected chi connectivity index (χ2v) is 3.93. The molecule has 0 atom stereocenters. The second kappa shape index (κ2) is 4.53. The third-order valence-electron chi connectivity index (χ3n) is 2.94. The zero-order chi connectivity index (χ0) is 12.4. The van der Waals surface area contributed by atoms with E-state index in [2.05, 4.69) is 0 Å². The van der Waals surface area contributed by atoms with Crippen LogP contribution in [0.3, 0.4) is 0 Å². The number of fused-ring (bicyclic) bond motifs is 1. The van der Waals surface area contributed by atoms with Crippen molar-refractivity contribution in [2.45, 2.75) is 26.2 Å². The summed E-state index contributed by atoms with van der Waals surface area (Å²) in [6.45, 7) is 1.91. The number of ether oxygens (including phenoxy) is 1. The number of hydrogen-bond donors (Lipinski definition) is 0. The van der Waals surface area contributed by atoms with Crippen molar-refractivity contribution in [1.82, 2.24) is 0 Å². The van der Waals surface area contributed by atoms with Gasteiger partial charge in [-0.15, -0.1) is 0 Å². The Bertz CT molecular complexity index is 482. The fourth-order valence-electron chi connectivity index (χ4n) is 2.24. The van der Waals surface area contributed by atoms with Crippen molar-refractivity contribution >= 4 is 11.7 Å². The SMILES string of the molecule is CCOC(=O)c1c([N+](=O)[O-])ccc2c1CCC2. The largest absolute Gasteiger partial charge is 0.462 e. The first-order valence-electron chi connectivity index (χ1n) is 5.61. The molecule has 0 saturated heterocycles. The highest BCUT2D eigenvalue weighted by Gasteiger charge is 2.29. The van der Waals surface area contributed by atoms with Crippen LogP contribution >= 0.6 is 0 Å². The Morgan fingerprint density at radius 3 is 2.88 bits per heavy atom. The van der Waals surface area contributed by atoms with Gasteiger partial charge in [-0.3, -0.25) is 10.1 Å². The highest BCUT2D eigenvalue weighted by molar-refractivity contribution is 5.96. The van der Waals surface area contributed by atoms with Gasteiger partial charge in [-0.1, -0.05) is 6.07 Å². The van der Waals surface area contributed by atoms with E-state index < -0.39 is 10.9 Å². The summed E-state index contributed by atoms with van der Waals surface area (Å²) >= 11 is 0. The van der Waals surface area contributed by atoms with E-state index >= 15 is 0 Å². The van der Waals surface area contributed by atoms with E-state index in [0.717, 1.165) is 24.0 Å². The predicted molar refractivity (Wildman–Crippen MR) is 61.1 cm³/mol. The van der Waals surface area contributed by atoms with Gasteiger partial charge in [0.15, 0.2) is 0 Å². The molecule has 0 heterocycles. The Morgan fingerprint density at radius 1 is 1.47 bits per heavy atom. The number of esters is 1. The molecule has 0 saturated carbocycles. The van der Waals surface area contributed by atoms with Crippen LogP contribution < -0.4 is 0 Å². The molecular formula is C12H13NO4. The summed E-state index contributed by atoms with van der Waals surface area (Å²) in [5.74, 6) is -0.585. The molecule has 90 valence electrons. The third-order valence-corrected chi connectivity index (χ3v) is 2.94. The minimum absolute atomic E-state index is 0.145. The number of nitro benzene ring substituents is 1. The molecule has 5 heteroatoms. The number of benzene rings is 1. The molecule has 1 aromatic rings. The van der Waals surface area contributed by atoms with E-state index in [0.29, 0.717) is 6.42 Å². The number of rotatable bonds is 3. The number of hydrogen-bond acceptors (Lipinski definition) is 4. The van der Waals surface area contributed by atoms with Gasteiger partial charge in [0.2, 0.25) is 0 Å². The molecule has 1 aliphatic carbocycles. The molecule has 0 bridgehead atoms. The van der Waals surface area contributed by atoms with Crippen molar-refractivity contribution in [3.8, 4) is 0 Å². The fourth-order valence-corrected chi connectivity index (χ4v) is 2.24. The molecule has 1 aliphatic rings. The third kappa shape index (κ3) is 2.00. The van der Waals surface area contributed by atoms with E-state index in [1.165, 1.54) is 6.07 Å². The van der Waals surface area contributed by atoms with Crippen LogP contribution in [-0.4, -0.2) is 17.5 Å². The van der Waals surface area contributed by atoms with Crippen LogP contribution in [0.4, 0.5) is 5.69 Å². The Balaban J connectivity index is 2.55. The maximum atomic E-state index is 11.8. The predicted octanol–water partition coefficient (Wildman–Crippen LogP) is 2.26. The minimum atomic E-state index is -0.585. The Hall–Kier alpha value is -1.91. The van der Waals surface area contributed by atoms with Crippen LogP contribution in [-0.2, 0) is 17.6 Å². The van der Waals surface area contributed by atoms with Crippen molar-refractivity contribution in [3.63, 3.8) is 0 Å². The van der Waals surface area contributed by atoms with Gasteiger partial charge in [0.05, 0.1) is 11.5 Å². The van der Waals surface area contributed by atoms with Gasteiger partial charge in [0, 0.05) is 6.07 Å². The van der Waals surface area contributed by atoms with Crippen LogP contribution in [0, 0.1) is 10.1 Å². The van der Waals surface area contributed by atoms with Gasteiger partial charge in [-0.2, -0.15) is 0 Å². The maximum absolute atomic E-state index is 11.8. The molecule has 0 N–H and O–H groups in total. The van der Waals surface area contributed by atoms with E-state index in [-0.39, 0.29) is 17.9 Å². The number of nitrogens with zero attached hydrogens (tertiary/aromatic N) is 1. The topological polar surface area (TPSA) is 69.4 Å². The molecule has 0 unspecified atom stereocenters. The van der Waals surface area contributed by atoms with Crippen molar-refractivity contribution < 1.29 is 14.5 Å². The first-order valence-corrected chi connectivity index (χ1v) is 5.61. The second-order valence-electron chi connectivity index (χ2n) is 3.93. The lowest BCUT2D eigenvalue weighted by Gasteiger charge is -2.08. The zero-order valence-electron chi connectivity index (χ0n) is 9.56. The van der Waals surface area contributed by atoms with E-state index in [4.69, 9.17) is 4.74 Å². The van der Waals surface area contributed by atoms with Crippen LogP contribution in [0.25, 0.3) is 0 Å². The molecule has 0 amide bonds. The summed E-state index contributed by atoms with van der Waals surface area (Å²) in [6, 6.07) is 3.14. The van der Waals surface area contributed by atoms with Crippen molar-refractivity contribution in [3.05, 3.63) is 38.9 Å². The standard InChI is InChI=1S/C12H13NO4/c1-2-17-12(14)11-9-5-3-4-8(9)6-7-10(11)13(15)16/h6-7H,2-5H2,1H3. The van der Waals surface area contributed by atoms with Gasteiger partial charge in [0.25, 0.3) is 5.69 Å². The molecule has 0 spiro atoms. The highest BCUT2D eigenvalue weighted by Crippen LogP contribution is 2.32. The highest BCUT2D eigenvalue weighted by atomic mass is 16.6. The van der Waals surface area contributed by atoms with Crippen molar-refractivity contribution in [2.24, 2.45) is 0 Å². The minimum Gasteiger partial charge on any atom is -0.462 e. The summed E-state index contributed by atoms with van der Waals surface area (Å²) in [5.41, 5.74) is 1.81. The lowest BCUT2D eigenvalue weighted by molar-refractivity contribution is -0.385. The van der Waals surface area contributed by atoms with Gasteiger partial charge in [0.1, 0.15) is 5.56 Å². The monoisotopic (exact) mass is 235 g/mol. The fraction of sp³-hybridized carbons (Fsp3) is 0.417. The Labute approximate surface area is 98.5 Å². The molecule has 0 radical (unpaired) electrons. The van der Waals surface area contributed by atoms with E-state index in [1.807, 2.05) is 0 Å². The van der Waals surface area contributed by atoms with Crippen LogP contribution in [0.1, 0.15) is 34.8 Å². The number of carbonyl (C=O) groups is 1. The van der Waals surface area contributed by atoms with Gasteiger partial charge < -0.3 is 4.74 Å². The van der Waals surface area contributed by atoms with Crippen LogP contribution in [0.15, 0.2) is 12.1 Å². The quantitative estimate of drug-likeness (QED) is 0.457. The smallest absolute Gasteiger partial charge is 0.345 e. The molecule has 5 nitrogen and oxygen atoms in total. The lowest BCUT2D eigenvalue weighted by Crippen LogP contribution is -2.11. The van der Waals surface area contributed by atoms with Crippen molar-refractivity contribution in [1.29, 1.82) is 0 Å². The summed E-state index contributed by atoms with van der Waals surface area (Å²) in [4.78, 5) is 22.2. The number of carbonyl (C=O) groups excluding carboxylic acids is 1. The maximum Gasteiger partial charge on any atom is 0.345 e. The Kier molecular flexibility index (Phi) is 3.08. The average molecular weight is 235 g/mol. The number of nitro groups is 1. The van der Waals surface area contributed by atoms with E-state index in [9.17, 15) is 14.9 Å². The van der Waals surface area contributed by atoms with Gasteiger partial charge in [-0.25, -0.2) is 4.79 Å². The molecule has 2 rings (SSSR count). The molecular weight excluding hydrogens is 222 g/mol. The summed E-state index contributed by atoms with van der Waals surface area (Å²) in [6.07, 6.45) is 2.52. The summed E-state index contributed by atoms with van der Waals surface area (Å²) in [7, 11) is 0. The van der Waals surface area contributed by atoms with Gasteiger partial charge >= 0.3 is 5.97 Å². The van der Waals surface area contributed by atoms with Crippen molar-refractivity contribution in [2.75, 3.05) is 6.61 Å². The molecule has 17 heavy (non-hydrogen) atoms. The molecule has 0 fully saturated rings. The normalized spacial score (nSPS) is 13.2. The van der Waals surface area contributed by atoms with Crippen LogP contribution in [0.5, 0.6) is 0 Å². The first kappa shape index (κ1) is 11.6. The van der Waals surface area contributed by atoms with Gasteiger partial charge in [-0.05, 0) is 37.3 Å². The lowest BCUT2D eigenvalue weighted by atomic mass is 10.0.